The summed E-state index contributed by atoms with van der Waals surface area (Å²) < 4.78 is 10.8. The Morgan fingerprint density at radius 2 is 2.17 bits per heavy atom. The van der Waals surface area contributed by atoms with Gasteiger partial charge >= 0.3 is 0 Å². The molecule has 2 aromatic heterocycles. The summed E-state index contributed by atoms with van der Waals surface area (Å²) in [7, 11) is 0. The first-order chi connectivity index (χ1) is 11.3. The Morgan fingerprint density at radius 3 is 2.87 bits per heavy atom. The predicted octanol–water partition coefficient (Wildman–Crippen LogP) is 3.37. The van der Waals surface area contributed by atoms with Gasteiger partial charge in [0.2, 0.25) is 0 Å². The molecule has 23 heavy (non-hydrogen) atoms. The molecule has 7 heteroatoms. The molecular formula is C16H22N4OS2. The van der Waals surface area contributed by atoms with Crippen molar-refractivity contribution in [1.82, 2.24) is 19.2 Å². The van der Waals surface area contributed by atoms with Gasteiger partial charge in [-0.2, -0.15) is 0 Å². The summed E-state index contributed by atoms with van der Waals surface area (Å²) in [4.78, 5) is 3.60. The monoisotopic (exact) mass is 350 g/mol. The predicted molar refractivity (Wildman–Crippen MR) is 94.1 cm³/mol. The lowest BCUT2D eigenvalue weighted by atomic mass is 10.2. The highest BCUT2D eigenvalue weighted by molar-refractivity contribution is 7.71. The van der Waals surface area contributed by atoms with E-state index >= 15 is 0 Å². The van der Waals surface area contributed by atoms with Gasteiger partial charge in [-0.05, 0) is 62.4 Å². The SMILES string of the molecule is S=c1n(CN2CCCC2)nc(-c2cccs2)n1C[C@H]1CCCO1. The highest BCUT2D eigenvalue weighted by Gasteiger charge is 2.22. The molecule has 5 nitrogen and oxygen atoms in total. The van der Waals surface area contributed by atoms with E-state index in [1.165, 1.54) is 17.7 Å². The molecule has 124 valence electrons. The average molecular weight is 351 g/mol. The van der Waals surface area contributed by atoms with E-state index in [9.17, 15) is 0 Å². The second-order valence-corrected chi connectivity index (χ2v) is 7.61. The average Bonchev–Trinajstić information content (AvgIpc) is 3.33. The van der Waals surface area contributed by atoms with Crippen LogP contribution in [0.15, 0.2) is 17.5 Å². The van der Waals surface area contributed by atoms with Gasteiger partial charge in [-0.1, -0.05) is 6.07 Å². The molecule has 1 atom stereocenters. The first kappa shape index (κ1) is 15.5. The Hall–Kier alpha value is -1.02. The Kier molecular flexibility index (Phi) is 4.61. The van der Waals surface area contributed by atoms with Crippen LogP contribution in [0.5, 0.6) is 0 Å². The van der Waals surface area contributed by atoms with E-state index in [-0.39, 0.29) is 6.10 Å². The zero-order valence-corrected chi connectivity index (χ0v) is 14.8. The summed E-state index contributed by atoms with van der Waals surface area (Å²) in [6.07, 6.45) is 5.09. The molecule has 2 saturated heterocycles. The van der Waals surface area contributed by atoms with E-state index < -0.39 is 0 Å². The maximum Gasteiger partial charge on any atom is 0.199 e. The summed E-state index contributed by atoms with van der Waals surface area (Å²) in [5, 5.41) is 6.94. The minimum Gasteiger partial charge on any atom is -0.376 e. The van der Waals surface area contributed by atoms with Crippen LogP contribution < -0.4 is 0 Å². The third kappa shape index (κ3) is 3.28. The smallest absolute Gasteiger partial charge is 0.199 e. The summed E-state index contributed by atoms with van der Waals surface area (Å²) in [5.41, 5.74) is 0. The van der Waals surface area contributed by atoms with Crippen molar-refractivity contribution in [1.29, 1.82) is 0 Å². The van der Waals surface area contributed by atoms with Crippen molar-refractivity contribution in [3.63, 3.8) is 0 Å². The van der Waals surface area contributed by atoms with Crippen molar-refractivity contribution in [2.24, 2.45) is 0 Å². The molecule has 0 aliphatic carbocycles. The quantitative estimate of drug-likeness (QED) is 0.775. The zero-order valence-electron chi connectivity index (χ0n) is 13.2. The van der Waals surface area contributed by atoms with Gasteiger partial charge in [0.05, 0.1) is 24.2 Å². The number of nitrogens with zero attached hydrogens (tertiary/aromatic N) is 4. The van der Waals surface area contributed by atoms with Crippen LogP contribution in [0.2, 0.25) is 0 Å². The molecule has 4 heterocycles. The van der Waals surface area contributed by atoms with Crippen molar-refractivity contribution < 1.29 is 4.74 Å². The molecule has 0 spiro atoms. The summed E-state index contributed by atoms with van der Waals surface area (Å²) in [6.45, 7) is 4.78. The van der Waals surface area contributed by atoms with Crippen LogP contribution in [0.3, 0.4) is 0 Å². The summed E-state index contributed by atoms with van der Waals surface area (Å²) in [5.74, 6) is 0.986. The molecule has 2 aromatic rings. The number of hydrogen-bond acceptors (Lipinski definition) is 5. The van der Waals surface area contributed by atoms with Crippen LogP contribution in [-0.2, 0) is 18.0 Å². The summed E-state index contributed by atoms with van der Waals surface area (Å²) >= 11 is 7.46. The maximum atomic E-state index is 5.82. The van der Waals surface area contributed by atoms with Gasteiger partial charge in [0, 0.05) is 6.61 Å². The zero-order chi connectivity index (χ0) is 15.6. The molecule has 0 aromatic carbocycles. The van der Waals surface area contributed by atoms with E-state index in [1.54, 1.807) is 11.3 Å². The topological polar surface area (TPSA) is 35.2 Å². The van der Waals surface area contributed by atoms with Gasteiger partial charge in [-0.15, -0.1) is 16.4 Å². The van der Waals surface area contributed by atoms with Crippen LogP contribution in [0.25, 0.3) is 10.7 Å². The number of likely N-dealkylation sites (tertiary alicyclic amines) is 1. The van der Waals surface area contributed by atoms with Crippen LogP contribution in [0.1, 0.15) is 25.7 Å². The van der Waals surface area contributed by atoms with Crippen molar-refractivity contribution in [2.45, 2.75) is 45.0 Å². The van der Waals surface area contributed by atoms with Crippen LogP contribution >= 0.6 is 23.6 Å². The lowest BCUT2D eigenvalue weighted by Crippen LogP contribution is -2.24. The fourth-order valence-electron chi connectivity index (χ4n) is 3.39. The highest BCUT2D eigenvalue weighted by Crippen LogP contribution is 2.26. The van der Waals surface area contributed by atoms with E-state index in [1.807, 2.05) is 4.68 Å². The maximum absolute atomic E-state index is 5.82. The van der Waals surface area contributed by atoms with Crippen molar-refractivity contribution >= 4 is 23.6 Å². The number of rotatable bonds is 5. The van der Waals surface area contributed by atoms with E-state index in [4.69, 9.17) is 22.1 Å². The second-order valence-electron chi connectivity index (χ2n) is 6.30. The lowest BCUT2D eigenvalue weighted by Gasteiger charge is -2.14. The van der Waals surface area contributed by atoms with E-state index in [0.29, 0.717) is 0 Å². The number of thiophene rings is 1. The van der Waals surface area contributed by atoms with E-state index in [0.717, 1.165) is 56.3 Å². The highest BCUT2D eigenvalue weighted by atomic mass is 32.1. The van der Waals surface area contributed by atoms with Gasteiger partial charge in [-0.25, -0.2) is 4.68 Å². The van der Waals surface area contributed by atoms with Crippen LogP contribution in [0.4, 0.5) is 0 Å². The van der Waals surface area contributed by atoms with Crippen LogP contribution in [-0.4, -0.2) is 45.0 Å². The molecule has 2 fully saturated rings. The molecule has 4 rings (SSSR count). The van der Waals surface area contributed by atoms with Gasteiger partial charge in [0.25, 0.3) is 0 Å². The van der Waals surface area contributed by atoms with E-state index in [2.05, 4.69) is 27.0 Å². The molecule has 0 saturated carbocycles. The first-order valence-corrected chi connectivity index (χ1v) is 9.65. The number of aromatic nitrogens is 3. The third-order valence-corrected chi connectivity index (χ3v) is 5.90. The number of ether oxygens (including phenoxy) is 1. The molecule has 0 amide bonds. The van der Waals surface area contributed by atoms with Gasteiger partial charge < -0.3 is 4.74 Å². The molecular weight excluding hydrogens is 328 g/mol. The molecule has 0 radical (unpaired) electrons. The Balaban J connectivity index is 1.66. The Labute approximate surface area is 145 Å². The summed E-state index contributed by atoms with van der Waals surface area (Å²) in [6, 6.07) is 4.19. The van der Waals surface area contributed by atoms with Crippen LogP contribution in [0, 0.1) is 4.77 Å². The molecule has 2 aliphatic heterocycles. The second kappa shape index (κ2) is 6.84. The van der Waals surface area contributed by atoms with Crippen molar-refractivity contribution in [3.05, 3.63) is 22.3 Å². The largest absolute Gasteiger partial charge is 0.376 e. The minimum atomic E-state index is 0.268. The van der Waals surface area contributed by atoms with Gasteiger partial charge in [-0.3, -0.25) is 9.47 Å². The molecule has 0 bridgehead atoms. The normalized spacial score (nSPS) is 22.2. The standard InChI is InChI=1S/C16H22N4OS2/c22-16-19(11-13-5-3-9-21-13)15(14-6-4-10-23-14)17-20(16)12-18-7-1-2-8-18/h4,6,10,13H,1-3,5,7-9,11-12H2/t13-/m1/s1. The molecule has 0 unspecified atom stereocenters. The Bertz CT molecular complexity index is 694. The van der Waals surface area contributed by atoms with Crippen molar-refractivity contribution in [3.8, 4) is 10.7 Å². The van der Waals surface area contributed by atoms with Crippen molar-refractivity contribution in [2.75, 3.05) is 19.7 Å². The fraction of sp³-hybridized carbons (Fsp3) is 0.625. The Morgan fingerprint density at radius 1 is 1.30 bits per heavy atom. The lowest BCUT2D eigenvalue weighted by molar-refractivity contribution is 0.0967. The first-order valence-electron chi connectivity index (χ1n) is 8.37. The molecule has 0 N–H and O–H groups in total. The van der Waals surface area contributed by atoms with Gasteiger partial charge in [0.1, 0.15) is 0 Å². The minimum absolute atomic E-state index is 0.268. The molecule has 2 aliphatic rings. The fourth-order valence-corrected chi connectivity index (χ4v) is 4.37. The third-order valence-electron chi connectivity index (χ3n) is 4.61. The van der Waals surface area contributed by atoms with Gasteiger partial charge in [0.15, 0.2) is 10.6 Å². The number of hydrogen-bond donors (Lipinski definition) is 0.